The van der Waals surface area contributed by atoms with E-state index in [1.165, 1.54) is 18.2 Å². The molecule has 188 valence electrons. The molecule has 2 aromatic rings. The zero-order valence-electron chi connectivity index (χ0n) is 18.8. The minimum Gasteiger partial charge on any atom is -0.507 e. The van der Waals surface area contributed by atoms with Crippen LogP contribution in [-0.2, 0) is 16.4 Å². The number of nitrogens with zero attached hydrogens (tertiary/aromatic N) is 1. The molecule has 1 saturated heterocycles. The number of nitrogen functional groups attached to an aromatic ring is 1. The van der Waals surface area contributed by atoms with Crippen molar-refractivity contribution in [1.82, 2.24) is 9.62 Å². The lowest BCUT2D eigenvalue weighted by Gasteiger charge is -2.32. The largest absolute Gasteiger partial charge is 0.507 e. The maximum Gasteiger partial charge on any atom is 0.244 e. The summed E-state index contributed by atoms with van der Waals surface area (Å²) >= 11 is 0. The summed E-state index contributed by atoms with van der Waals surface area (Å²) in [6, 6.07) is 11.3. The zero-order chi connectivity index (χ0) is 23.3. The van der Waals surface area contributed by atoms with Gasteiger partial charge in [-0.1, -0.05) is 12.1 Å². The van der Waals surface area contributed by atoms with Gasteiger partial charge in [0.15, 0.2) is 0 Å². The SMILES string of the molecule is CC(=N)N1CCC(Oc2ccc(CCNS(=O)(=O)c3cc(C(=N)N)ccc3O)cc2)CC1.Cl.Cl. The van der Waals surface area contributed by atoms with Crippen LogP contribution >= 0.6 is 24.8 Å². The molecule has 0 radical (unpaired) electrons. The molecule has 0 amide bonds. The summed E-state index contributed by atoms with van der Waals surface area (Å²) < 4.78 is 33.6. The number of sulfonamides is 1. The monoisotopic (exact) mass is 531 g/mol. The summed E-state index contributed by atoms with van der Waals surface area (Å²) in [5, 5.41) is 25.1. The van der Waals surface area contributed by atoms with Crippen LogP contribution in [0.2, 0.25) is 0 Å². The fourth-order valence-corrected chi connectivity index (χ4v) is 4.69. The van der Waals surface area contributed by atoms with E-state index in [0.29, 0.717) is 12.3 Å². The van der Waals surface area contributed by atoms with Crippen LogP contribution in [0.25, 0.3) is 0 Å². The fourth-order valence-electron chi connectivity index (χ4n) is 3.54. The first-order valence-electron chi connectivity index (χ1n) is 10.4. The first kappa shape index (κ1) is 29.5. The quantitative estimate of drug-likeness (QED) is 0.260. The number of benzene rings is 2. The van der Waals surface area contributed by atoms with Gasteiger partial charge in [0.2, 0.25) is 10.0 Å². The summed E-state index contributed by atoms with van der Waals surface area (Å²) in [4.78, 5) is 1.73. The minimum atomic E-state index is -3.95. The predicted molar refractivity (Wildman–Crippen MR) is 138 cm³/mol. The standard InChI is InChI=1S/C22H29N5O4S.2ClH/c1-15(23)27-12-9-19(10-13-27)31-18-5-2-16(3-6-18)8-11-26-32(29,30)21-14-17(22(24)25)4-7-20(21)28;;/h2-7,14,19,23,26,28H,8-13H2,1H3,(H3,24,25);2*1H. The molecular weight excluding hydrogens is 501 g/mol. The lowest BCUT2D eigenvalue weighted by atomic mass is 10.1. The van der Waals surface area contributed by atoms with Crippen molar-refractivity contribution in [3.05, 3.63) is 53.6 Å². The van der Waals surface area contributed by atoms with Crippen LogP contribution in [0.4, 0.5) is 0 Å². The molecule has 0 aromatic heterocycles. The molecule has 0 atom stereocenters. The lowest BCUT2D eigenvalue weighted by Crippen LogP contribution is -2.40. The smallest absolute Gasteiger partial charge is 0.244 e. The van der Waals surface area contributed by atoms with Crippen molar-refractivity contribution in [2.45, 2.75) is 37.2 Å². The van der Waals surface area contributed by atoms with E-state index in [1.54, 1.807) is 6.92 Å². The lowest BCUT2D eigenvalue weighted by molar-refractivity contribution is 0.130. The number of aromatic hydroxyl groups is 1. The third-order valence-corrected chi connectivity index (χ3v) is 6.90. The highest BCUT2D eigenvalue weighted by Crippen LogP contribution is 2.24. The second-order valence-electron chi connectivity index (χ2n) is 7.78. The van der Waals surface area contributed by atoms with Crippen molar-refractivity contribution in [1.29, 1.82) is 10.8 Å². The van der Waals surface area contributed by atoms with E-state index in [4.69, 9.17) is 21.3 Å². The van der Waals surface area contributed by atoms with Crippen LogP contribution < -0.4 is 15.2 Å². The molecule has 12 heteroatoms. The molecule has 34 heavy (non-hydrogen) atoms. The number of nitrogens with two attached hydrogens (primary N) is 1. The highest BCUT2D eigenvalue weighted by atomic mass is 35.5. The van der Waals surface area contributed by atoms with E-state index in [2.05, 4.69) is 4.72 Å². The van der Waals surface area contributed by atoms with Crippen LogP contribution in [0.3, 0.4) is 0 Å². The molecule has 0 unspecified atom stereocenters. The Balaban J connectivity index is 0.00000289. The number of ether oxygens (including phenoxy) is 1. The molecule has 0 saturated carbocycles. The van der Waals surface area contributed by atoms with Gasteiger partial charge >= 0.3 is 0 Å². The maximum absolute atomic E-state index is 12.5. The number of phenolic OH excluding ortho intramolecular Hbond substituents is 1. The highest BCUT2D eigenvalue weighted by molar-refractivity contribution is 7.89. The number of hydrogen-bond acceptors (Lipinski definition) is 6. The van der Waals surface area contributed by atoms with Crippen LogP contribution in [0.5, 0.6) is 11.5 Å². The summed E-state index contributed by atoms with van der Waals surface area (Å²) in [7, 11) is -3.95. The van der Waals surface area contributed by atoms with Gasteiger partial charge in [-0.05, 0) is 49.2 Å². The van der Waals surface area contributed by atoms with E-state index in [9.17, 15) is 13.5 Å². The first-order chi connectivity index (χ1) is 15.2. The number of halogens is 2. The molecule has 0 spiro atoms. The van der Waals surface area contributed by atoms with Gasteiger partial charge in [-0.2, -0.15) is 0 Å². The second-order valence-corrected chi connectivity index (χ2v) is 9.51. The predicted octanol–water partition coefficient (Wildman–Crippen LogP) is 2.88. The van der Waals surface area contributed by atoms with Gasteiger partial charge < -0.3 is 20.5 Å². The van der Waals surface area contributed by atoms with Gasteiger partial charge in [-0.3, -0.25) is 10.8 Å². The summed E-state index contributed by atoms with van der Waals surface area (Å²) in [6.45, 7) is 3.59. The van der Waals surface area contributed by atoms with Gasteiger partial charge in [0.1, 0.15) is 28.3 Å². The van der Waals surface area contributed by atoms with Gasteiger partial charge in [0.05, 0.1) is 5.84 Å². The molecule has 0 bridgehead atoms. The zero-order valence-corrected chi connectivity index (χ0v) is 21.2. The summed E-state index contributed by atoms with van der Waals surface area (Å²) in [5.74, 6) is 0.681. The Morgan fingerprint density at radius 1 is 1.15 bits per heavy atom. The molecule has 1 aliphatic heterocycles. The number of hydrogen-bond donors (Lipinski definition) is 5. The Morgan fingerprint density at radius 2 is 1.76 bits per heavy atom. The van der Waals surface area contributed by atoms with E-state index in [1.807, 2.05) is 29.2 Å². The number of piperidine rings is 1. The van der Waals surface area contributed by atoms with Crippen molar-refractivity contribution in [3.63, 3.8) is 0 Å². The molecule has 3 rings (SSSR count). The van der Waals surface area contributed by atoms with Crippen molar-refractivity contribution >= 4 is 46.5 Å². The van der Waals surface area contributed by atoms with E-state index >= 15 is 0 Å². The Hall–Kier alpha value is -2.53. The summed E-state index contributed by atoms with van der Waals surface area (Å²) in [6.07, 6.45) is 2.33. The Morgan fingerprint density at radius 3 is 2.32 bits per heavy atom. The molecule has 1 heterocycles. The van der Waals surface area contributed by atoms with Crippen LogP contribution in [0.1, 0.15) is 30.9 Å². The van der Waals surface area contributed by atoms with E-state index in [-0.39, 0.29) is 53.8 Å². The average Bonchev–Trinajstić information content (AvgIpc) is 2.75. The van der Waals surface area contributed by atoms with Crippen molar-refractivity contribution in [3.8, 4) is 11.5 Å². The number of likely N-dealkylation sites (tertiary alicyclic amines) is 1. The molecule has 6 N–H and O–H groups in total. The van der Waals surface area contributed by atoms with Gasteiger partial charge in [-0.25, -0.2) is 13.1 Å². The maximum atomic E-state index is 12.5. The number of amidine groups is 2. The number of phenols is 1. The first-order valence-corrected chi connectivity index (χ1v) is 11.9. The highest BCUT2D eigenvalue weighted by Gasteiger charge is 2.21. The molecule has 0 aliphatic carbocycles. The second kappa shape index (κ2) is 12.8. The van der Waals surface area contributed by atoms with Crippen molar-refractivity contribution in [2.75, 3.05) is 19.6 Å². The molecule has 2 aromatic carbocycles. The third kappa shape index (κ3) is 7.76. The molecule has 1 fully saturated rings. The molecule has 9 nitrogen and oxygen atoms in total. The number of nitrogens with one attached hydrogen (secondary N) is 3. The van der Waals surface area contributed by atoms with E-state index < -0.39 is 15.8 Å². The van der Waals surface area contributed by atoms with Crippen molar-refractivity contribution < 1.29 is 18.3 Å². The molecule has 1 aliphatic rings. The van der Waals surface area contributed by atoms with E-state index in [0.717, 1.165) is 37.2 Å². The van der Waals surface area contributed by atoms with Gasteiger partial charge in [0.25, 0.3) is 0 Å². The van der Waals surface area contributed by atoms with Crippen molar-refractivity contribution in [2.24, 2.45) is 5.73 Å². The van der Waals surface area contributed by atoms with Gasteiger partial charge in [-0.15, -0.1) is 24.8 Å². The van der Waals surface area contributed by atoms with Crippen LogP contribution in [0, 0.1) is 10.8 Å². The number of rotatable bonds is 8. The minimum absolute atomic E-state index is 0. The summed E-state index contributed by atoms with van der Waals surface area (Å²) in [5.41, 5.74) is 6.57. The topological polar surface area (TPSA) is 153 Å². The Labute approximate surface area is 212 Å². The van der Waals surface area contributed by atoms with Gasteiger partial charge in [0, 0.05) is 38.0 Å². The normalized spacial score (nSPS) is 14.0. The fraction of sp³-hybridized carbons (Fsp3) is 0.364. The Bertz CT molecular complexity index is 1090. The van der Waals surface area contributed by atoms with Crippen LogP contribution in [-0.4, -0.2) is 55.8 Å². The average molecular weight is 532 g/mol. The Kier molecular flexibility index (Phi) is 11.1. The molecular formula is C22H31Cl2N5O4S. The third-order valence-electron chi connectivity index (χ3n) is 5.41. The van der Waals surface area contributed by atoms with Crippen LogP contribution in [0.15, 0.2) is 47.4 Å².